The van der Waals surface area contributed by atoms with E-state index in [9.17, 15) is 9.18 Å². The molecule has 1 N–H and O–H groups in total. The minimum absolute atomic E-state index is 0.0683. The number of aromatic amines is 1. The minimum Gasteiger partial charge on any atom is -0.459 e. The van der Waals surface area contributed by atoms with Gasteiger partial charge < -0.3 is 14.3 Å². The van der Waals surface area contributed by atoms with E-state index in [2.05, 4.69) is 16.0 Å². The smallest absolute Gasteiger partial charge is 0.228 e. The largest absolute Gasteiger partial charge is 0.459 e. The van der Waals surface area contributed by atoms with Crippen molar-refractivity contribution >= 4 is 33.7 Å². The molecule has 1 aliphatic rings. The Morgan fingerprint density at radius 2 is 2.23 bits per heavy atom. The summed E-state index contributed by atoms with van der Waals surface area (Å²) in [6, 6.07) is 8.59. The monoisotopic (exact) mass is 421 g/mol. The lowest BCUT2D eigenvalue weighted by Crippen LogP contribution is -2.35. The van der Waals surface area contributed by atoms with Crippen molar-refractivity contribution < 1.29 is 13.6 Å². The average Bonchev–Trinajstić information content (AvgIpc) is 3.47. The van der Waals surface area contributed by atoms with Gasteiger partial charge in [0.25, 0.3) is 0 Å². The van der Waals surface area contributed by atoms with E-state index >= 15 is 0 Å². The summed E-state index contributed by atoms with van der Waals surface area (Å²) in [4.78, 5) is 22.3. The van der Waals surface area contributed by atoms with Crippen molar-refractivity contribution in [2.75, 3.05) is 13.1 Å². The minimum atomic E-state index is -0.252. The second kappa shape index (κ2) is 7.57. The number of fused-ring (bicyclic) bond motifs is 1. The Labute approximate surface area is 176 Å². The van der Waals surface area contributed by atoms with Crippen LogP contribution in [0.2, 0.25) is 0 Å². The van der Waals surface area contributed by atoms with Gasteiger partial charge in [-0.15, -0.1) is 11.3 Å². The molecule has 0 aliphatic carbocycles. The van der Waals surface area contributed by atoms with Crippen molar-refractivity contribution in [3.05, 3.63) is 70.8 Å². The highest BCUT2D eigenvalue weighted by Crippen LogP contribution is 2.30. The lowest BCUT2D eigenvalue weighted by Gasteiger charge is -2.26. The third-order valence-corrected chi connectivity index (χ3v) is 6.29. The SMILES string of the molecule is Cc1ccc(-c2nc(CC(=O)N3CC=C(c4c[nH]c5cc(F)ccc45)CC3)cs2)o1. The van der Waals surface area contributed by atoms with Crippen LogP contribution in [0.1, 0.15) is 23.4 Å². The van der Waals surface area contributed by atoms with Crippen LogP contribution >= 0.6 is 11.3 Å². The van der Waals surface area contributed by atoms with Gasteiger partial charge in [0.1, 0.15) is 11.6 Å². The van der Waals surface area contributed by atoms with Crippen LogP contribution in [0.25, 0.3) is 27.2 Å². The number of aromatic nitrogens is 2. The van der Waals surface area contributed by atoms with E-state index in [0.717, 1.165) is 45.1 Å². The number of aryl methyl sites for hydroxylation is 1. The van der Waals surface area contributed by atoms with Crippen molar-refractivity contribution in [2.24, 2.45) is 0 Å². The van der Waals surface area contributed by atoms with Crippen LogP contribution in [0.5, 0.6) is 0 Å². The molecule has 0 saturated heterocycles. The van der Waals surface area contributed by atoms with Gasteiger partial charge in [-0.3, -0.25) is 4.79 Å². The molecule has 5 rings (SSSR count). The molecule has 3 aromatic heterocycles. The number of amides is 1. The van der Waals surface area contributed by atoms with Crippen LogP contribution < -0.4 is 0 Å². The van der Waals surface area contributed by atoms with Gasteiger partial charge in [0.2, 0.25) is 5.91 Å². The molecule has 4 heterocycles. The number of carbonyl (C=O) groups excluding carboxylic acids is 1. The maximum absolute atomic E-state index is 13.4. The predicted molar refractivity (Wildman–Crippen MR) is 116 cm³/mol. The Hall–Kier alpha value is -3.19. The molecule has 4 aromatic rings. The van der Waals surface area contributed by atoms with Gasteiger partial charge in [0.15, 0.2) is 10.8 Å². The average molecular weight is 421 g/mol. The third kappa shape index (κ3) is 3.57. The number of halogens is 1. The molecule has 0 radical (unpaired) electrons. The number of rotatable bonds is 4. The molecule has 0 saturated carbocycles. The molecule has 0 spiro atoms. The van der Waals surface area contributed by atoms with Crippen molar-refractivity contribution in [2.45, 2.75) is 19.8 Å². The number of furan rings is 1. The summed E-state index contributed by atoms with van der Waals surface area (Å²) in [5.74, 6) is 1.39. The first-order valence-electron chi connectivity index (χ1n) is 9.82. The first-order chi connectivity index (χ1) is 14.6. The van der Waals surface area contributed by atoms with Crippen molar-refractivity contribution in [3.8, 4) is 10.8 Å². The van der Waals surface area contributed by atoms with Gasteiger partial charge >= 0.3 is 0 Å². The summed E-state index contributed by atoms with van der Waals surface area (Å²) in [6.07, 6.45) is 5.06. The van der Waals surface area contributed by atoms with Gasteiger partial charge in [-0.05, 0) is 49.2 Å². The molecular weight excluding hydrogens is 401 g/mol. The molecule has 152 valence electrons. The lowest BCUT2D eigenvalue weighted by atomic mass is 9.98. The van der Waals surface area contributed by atoms with Crippen molar-refractivity contribution in [1.29, 1.82) is 0 Å². The Bertz CT molecular complexity index is 1270. The summed E-state index contributed by atoms with van der Waals surface area (Å²) in [5, 5.41) is 3.72. The van der Waals surface area contributed by atoms with Gasteiger partial charge in [0, 0.05) is 41.1 Å². The Morgan fingerprint density at radius 3 is 3.00 bits per heavy atom. The van der Waals surface area contributed by atoms with Gasteiger partial charge in [-0.25, -0.2) is 9.37 Å². The van der Waals surface area contributed by atoms with Gasteiger partial charge in [0.05, 0.1) is 12.1 Å². The van der Waals surface area contributed by atoms with Crippen LogP contribution in [-0.4, -0.2) is 33.9 Å². The maximum Gasteiger partial charge on any atom is 0.228 e. The molecule has 1 aromatic carbocycles. The Balaban J connectivity index is 1.26. The van der Waals surface area contributed by atoms with E-state index in [4.69, 9.17) is 4.42 Å². The molecule has 0 unspecified atom stereocenters. The molecule has 0 atom stereocenters. The van der Waals surface area contributed by atoms with Crippen LogP contribution in [0.3, 0.4) is 0 Å². The zero-order valence-corrected chi connectivity index (χ0v) is 17.3. The van der Waals surface area contributed by atoms with E-state index in [-0.39, 0.29) is 18.1 Å². The normalized spacial score (nSPS) is 14.3. The zero-order chi connectivity index (χ0) is 20.7. The number of thiazole rings is 1. The quantitative estimate of drug-likeness (QED) is 0.493. The fraction of sp³-hybridized carbons (Fsp3) is 0.217. The number of nitrogens with one attached hydrogen (secondary N) is 1. The first-order valence-corrected chi connectivity index (χ1v) is 10.7. The van der Waals surface area contributed by atoms with E-state index in [1.54, 1.807) is 6.07 Å². The van der Waals surface area contributed by atoms with Crippen LogP contribution in [0.15, 0.2) is 52.4 Å². The number of nitrogens with zero attached hydrogens (tertiary/aromatic N) is 2. The summed E-state index contributed by atoms with van der Waals surface area (Å²) in [7, 11) is 0. The molecule has 5 nitrogen and oxygen atoms in total. The third-order valence-electron chi connectivity index (χ3n) is 5.39. The number of H-pyrrole nitrogens is 1. The topological polar surface area (TPSA) is 62.1 Å². The highest BCUT2D eigenvalue weighted by atomic mass is 32.1. The van der Waals surface area contributed by atoms with Crippen molar-refractivity contribution in [1.82, 2.24) is 14.9 Å². The molecule has 7 heteroatoms. The lowest BCUT2D eigenvalue weighted by molar-refractivity contribution is -0.130. The predicted octanol–water partition coefficient (Wildman–Crippen LogP) is 5.19. The molecular formula is C23H20FN3O2S. The van der Waals surface area contributed by atoms with E-state index < -0.39 is 0 Å². The molecule has 1 amide bonds. The summed E-state index contributed by atoms with van der Waals surface area (Å²) < 4.78 is 19.0. The number of carbonyl (C=O) groups is 1. The Morgan fingerprint density at radius 1 is 1.33 bits per heavy atom. The highest BCUT2D eigenvalue weighted by Gasteiger charge is 2.21. The number of benzene rings is 1. The summed E-state index contributed by atoms with van der Waals surface area (Å²) in [5.41, 5.74) is 3.81. The van der Waals surface area contributed by atoms with Gasteiger partial charge in [-0.2, -0.15) is 0 Å². The zero-order valence-electron chi connectivity index (χ0n) is 16.4. The number of hydrogen-bond acceptors (Lipinski definition) is 4. The maximum atomic E-state index is 13.4. The second-order valence-electron chi connectivity index (χ2n) is 7.44. The molecule has 0 fully saturated rings. The van der Waals surface area contributed by atoms with Crippen LogP contribution in [0.4, 0.5) is 4.39 Å². The second-order valence-corrected chi connectivity index (χ2v) is 8.30. The van der Waals surface area contributed by atoms with Gasteiger partial charge in [-0.1, -0.05) is 6.08 Å². The summed E-state index contributed by atoms with van der Waals surface area (Å²) >= 11 is 1.49. The fourth-order valence-corrected chi connectivity index (χ4v) is 4.60. The molecule has 30 heavy (non-hydrogen) atoms. The van der Waals surface area contributed by atoms with Crippen molar-refractivity contribution in [3.63, 3.8) is 0 Å². The standard InChI is InChI=1S/C23H20FN3O2S/c1-14-2-5-21(29-14)23-26-17(13-30-23)11-22(28)27-8-6-15(7-9-27)19-12-25-20-10-16(24)3-4-18(19)20/h2-6,10,12-13,25H,7-9,11H2,1H3. The first kappa shape index (κ1) is 18.8. The van der Waals surface area contributed by atoms with E-state index in [1.807, 2.05) is 35.5 Å². The molecule has 1 aliphatic heterocycles. The molecule has 0 bridgehead atoms. The van der Waals surface area contributed by atoms with Crippen LogP contribution in [-0.2, 0) is 11.2 Å². The highest BCUT2D eigenvalue weighted by molar-refractivity contribution is 7.13. The number of hydrogen-bond donors (Lipinski definition) is 1. The van der Waals surface area contributed by atoms with Crippen LogP contribution in [0, 0.1) is 12.7 Å². The fourth-order valence-electron chi connectivity index (χ4n) is 3.82. The van der Waals surface area contributed by atoms with E-state index in [1.165, 1.54) is 29.0 Å². The Kier molecular flexibility index (Phi) is 4.75. The van der Waals surface area contributed by atoms with E-state index in [0.29, 0.717) is 13.1 Å². The summed E-state index contributed by atoms with van der Waals surface area (Å²) in [6.45, 7) is 3.12.